The van der Waals surface area contributed by atoms with E-state index < -0.39 is 11.7 Å². The highest BCUT2D eigenvalue weighted by Gasteiger charge is 2.12. The van der Waals surface area contributed by atoms with E-state index in [1.807, 2.05) is 0 Å². The first-order valence-corrected chi connectivity index (χ1v) is 7.19. The van der Waals surface area contributed by atoms with Crippen LogP contribution in [0.5, 0.6) is 0 Å². The third kappa shape index (κ3) is 4.69. The van der Waals surface area contributed by atoms with Crippen LogP contribution in [-0.2, 0) is 11.2 Å². The van der Waals surface area contributed by atoms with Crippen LogP contribution in [-0.4, -0.2) is 19.0 Å². The molecular formula is C16H15ClFN3O2. The molecule has 0 spiro atoms. The van der Waals surface area contributed by atoms with E-state index in [2.05, 4.69) is 16.0 Å². The maximum Gasteiger partial charge on any atom is 0.318 e. The van der Waals surface area contributed by atoms with Crippen molar-refractivity contribution in [3.63, 3.8) is 0 Å². The number of hydrogen-bond donors (Lipinski definition) is 3. The lowest BCUT2D eigenvalue weighted by molar-refractivity contribution is -0.115. The van der Waals surface area contributed by atoms with Gasteiger partial charge in [-0.2, -0.15) is 0 Å². The molecule has 2 aromatic rings. The summed E-state index contributed by atoms with van der Waals surface area (Å²) in [6.07, 6.45) is -0.182. The Bertz CT molecular complexity index is 717. The Labute approximate surface area is 137 Å². The fourth-order valence-electron chi connectivity index (χ4n) is 1.94. The molecule has 3 amide bonds. The summed E-state index contributed by atoms with van der Waals surface area (Å²) in [5.41, 5.74) is 1.15. The number of anilines is 2. The average molecular weight is 336 g/mol. The van der Waals surface area contributed by atoms with Crippen molar-refractivity contribution >= 4 is 34.9 Å². The molecule has 0 heterocycles. The Balaban J connectivity index is 2.06. The summed E-state index contributed by atoms with van der Waals surface area (Å²) in [4.78, 5) is 23.3. The van der Waals surface area contributed by atoms with Crippen LogP contribution in [0.2, 0.25) is 5.02 Å². The molecule has 0 aromatic heterocycles. The Morgan fingerprint density at radius 3 is 2.39 bits per heavy atom. The van der Waals surface area contributed by atoms with Gasteiger partial charge in [-0.1, -0.05) is 23.7 Å². The topological polar surface area (TPSA) is 70.2 Å². The van der Waals surface area contributed by atoms with Crippen LogP contribution < -0.4 is 16.0 Å². The number of halogens is 2. The average Bonchev–Trinajstić information content (AvgIpc) is 2.51. The highest BCUT2D eigenvalue weighted by Crippen LogP contribution is 2.20. The van der Waals surface area contributed by atoms with Gasteiger partial charge in [-0.3, -0.25) is 4.79 Å². The Hall–Kier alpha value is -2.60. The largest absolute Gasteiger partial charge is 0.341 e. The lowest BCUT2D eigenvalue weighted by atomic mass is 10.1. The predicted octanol–water partition coefficient (Wildman–Crippen LogP) is 3.41. The maximum absolute atomic E-state index is 13.7. The molecule has 3 N–H and O–H groups in total. The van der Waals surface area contributed by atoms with Crippen LogP contribution in [0.4, 0.5) is 20.6 Å². The summed E-state index contributed by atoms with van der Waals surface area (Å²) in [6, 6.07) is 10.5. The van der Waals surface area contributed by atoms with Gasteiger partial charge in [-0.15, -0.1) is 0 Å². The lowest BCUT2D eigenvalue weighted by Crippen LogP contribution is -2.24. The van der Waals surface area contributed by atoms with Gasteiger partial charge in [0.25, 0.3) is 0 Å². The zero-order valence-electron chi connectivity index (χ0n) is 12.3. The van der Waals surface area contributed by atoms with E-state index in [9.17, 15) is 14.0 Å². The second-order valence-corrected chi connectivity index (χ2v) is 5.12. The molecule has 0 atom stereocenters. The lowest BCUT2D eigenvalue weighted by Gasteiger charge is -2.09. The monoisotopic (exact) mass is 335 g/mol. The highest BCUT2D eigenvalue weighted by atomic mass is 35.5. The van der Waals surface area contributed by atoms with Crippen LogP contribution in [0.3, 0.4) is 0 Å². The van der Waals surface area contributed by atoms with Crippen molar-refractivity contribution in [1.29, 1.82) is 0 Å². The molecule has 0 fully saturated rings. The van der Waals surface area contributed by atoms with Crippen LogP contribution in [0, 0.1) is 5.82 Å². The minimum atomic E-state index is -0.525. The van der Waals surface area contributed by atoms with Gasteiger partial charge in [0.2, 0.25) is 5.91 Å². The van der Waals surface area contributed by atoms with E-state index in [1.54, 1.807) is 24.3 Å². The van der Waals surface area contributed by atoms with Gasteiger partial charge in [0.1, 0.15) is 5.82 Å². The molecule has 0 saturated heterocycles. The smallest absolute Gasteiger partial charge is 0.318 e. The van der Waals surface area contributed by atoms with E-state index >= 15 is 0 Å². The van der Waals surface area contributed by atoms with E-state index in [0.29, 0.717) is 11.4 Å². The van der Waals surface area contributed by atoms with Crippen LogP contribution >= 0.6 is 11.6 Å². The molecule has 5 nitrogen and oxygen atoms in total. The highest BCUT2D eigenvalue weighted by molar-refractivity contribution is 6.31. The molecule has 0 radical (unpaired) electrons. The molecule has 2 rings (SSSR count). The molecule has 0 aliphatic carbocycles. The quantitative estimate of drug-likeness (QED) is 0.801. The SMILES string of the molecule is CNC(=O)Nc1cccc(NC(=O)Cc2c(F)cccc2Cl)c1. The van der Waals surface area contributed by atoms with Gasteiger partial charge in [-0.05, 0) is 30.3 Å². The third-order valence-corrected chi connectivity index (χ3v) is 3.38. The molecule has 0 aliphatic heterocycles. The Kier molecular flexibility index (Phi) is 5.54. The summed E-state index contributed by atoms with van der Waals surface area (Å²) in [6.45, 7) is 0. The molecule has 0 aliphatic rings. The maximum atomic E-state index is 13.7. The first-order chi connectivity index (χ1) is 11.0. The number of carbonyl (C=O) groups is 2. The molecule has 0 saturated carbocycles. The number of carbonyl (C=O) groups excluding carboxylic acids is 2. The van der Waals surface area contributed by atoms with Crippen molar-refractivity contribution in [3.05, 3.63) is 58.9 Å². The molecular weight excluding hydrogens is 321 g/mol. The van der Waals surface area contributed by atoms with Crippen molar-refractivity contribution < 1.29 is 14.0 Å². The van der Waals surface area contributed by atoms with E-state index in [4.69, 9.17) is 11.6 Å². The zero-order valence-corrected chi connectivity index (χ0v) is 13.1. The number of urea groups is 1. The standard InChI is InChI=1S/C16H15ClFN3O2/c1-19-16(23)21-11-5-2-4-10(8-11)20-15(22)9-12-13(17)6-3-7-14(12)18/h2-8H,9H2,1H3,(H,20,22)(H2,19,21,23). The minimum absolute atomic E-state index is 0.145. The van der Waals surface area contributed by atoms with Gasteiger partial charge in [-0.25, -0.2) is 9.18 Å². The Morgan fingerprint density at radius 1 is 1.09 bits per heavy atom. The molecule has 0 bridgehead atoms. The fourth-order valence-corrected chi connectivity index (χ4v) is 2.17. The number of hydrogen-bond acceptors (Lipinski definition) is 2. The van der Waals surface area contributed by atoms with Crippen molar-refractivity contribution in [2.45, 2.75) is 6.42 Å². The number of amides is 3. The summed E-state index contributed by atoms with van der Waals surface area (Å²) in [5, 5.41) is 7.86. The van der Waals surface area contributed by atoms with Crippen LogP contribution in [0.25, 0.3) is 0 Å². The van der Waals surface area contributed by atoms with Crippen LogP contribution in [0.1, 0.15) is 5.56 Å². The van der Waals surface area contributed by atoms with Crippen molar-refractivity contribution in [1.82, 2.24) is 5.32 Å². The second-order valence-electron chi connectivity index (χ2n) is 4.71. The third-order valence-electron chi connectivity index (χ3n) is 3.03. The molecule has 2 aromatic carbocycles. The number of benzene rings is 2. The molecule has 0 unspecified atom stereocenters. The van der Waals surface area contributed by atoms with Crippen molar-refractivity contribution in [2.24, 2.45) is 0 Å². The van der Waals surface area contributed by atoms with Gasteiger partial charge in [0, 0.05) is 29.0 Å². The van der Waals surface area contributed by atoms with Gasteiger partial charge < -0.3 is 16.0 Å². The van der Waals surface area contributed by atoms with Crippen molar-refractivity contribution in [3.8, 4) is 0 Å². The first kappa shape index (κ1) is 16.8. The predicted molar refractivity (Wildman–Crippen MR) is 88.3 cm³/mol. The Morgan fingerprint density at radius 2 is 1.74 bits per heavy atom. The zero-order chi connectivity index (χ0) is 16.8. The molecule has 120 valence electrons. The van der Waals surface area contributed by atoms with E-state index in [-0.39, 0.29) is 23.0 Å². The summed E-state index contributed by atoms with van der Waals surface area (Å²) < 4.78 is 13.7. The first-order valence-electron chi connectivity index (χ1n) is 6.81. The molecule has 23 heavy (non-hydrogen) atoms. The summed E-state index contributed by atoms with van der Waals surface area (Å²) in [5.74, 6) is -0.934. The minimum Gasteiger partial charge on any atom is -0.341 e. The van der Waals surface area contributed by atoms with Gasteiger partial charge >= 0.3 is 6.03 Å². The number of nitrogens with one attached hydrogen (secondary N) is 3. The fraction of sp³-hybridized carbons (Fsp3) is 0.125. The van der Waals surface area contributed by atoms with Gasteiger partial charge in [0.05, 0.1) is 6.42 Å². The second kappa shape index (κ2) is 7.60. The van der Waals surface area contributed by atoms with Crippen molar-refractivity contribution in [2.75, 3.05) is 17.7 Å². The summed E-state index contributed by atoms with van der Waals surface area (Å²) in [7, 11) is 1.50. The van der Waals surface area contributed by atoms with Crippen LogP contribution in [0.15, 0.2) is 42.5 Å². The van der Waals surface area contributed by atoms with Gasteiger partial charge in [0.15, 0.2) is 0 Å². The summed E-state index contributed by atoms with van der Waals surface area (Å²) >= 11 is 5.90. The molecule has 7 heteroatoms. The van der Waals surface area contributed by atoms with E-state index in [0.717, 1.165) is 0 Å². The number of rotatable bonds is 4. The normalized spacial score (nSPS) is 10.0. The van der Waals surface area contributed by atoms with E-state index in [1.165, 1.54) is 25.2 Å².